The molecule has 1 aromatic heterocycles. The number of anilines is 1. The summed E-state index contributed by atoms with van der Waals surface area (Å²) >= 11 is 0. The number of rotatable bonds is 4. The molecule has 1 heterocycles. The summed E-state index contributed by atoms with van der Waals surface area (Å²) in [5.74, 6) is 1.65. The van der Waals surface area contributed by atoms with Crippen molar-refractivity contribution in [3.05, 3.63) is 53.5 Å². The molecule has 0 fully saturated rings. The number of furan rings is 1. The molecule has 0 aliphatic rings. The first-order valence-corrected chi connectivity index (χ1v) is 7.15. The van der Waals surface area contributed by atoms with Gasteiger partial charge in [-0.05, 0) is 52.0 Å². The Labute approximate surface area is 125 Å². The maximum absolute atomic E-state index is 12.4. The molecule has 4 nitrogen and oxygen atoms in total. The first kappa shape index (κ1) is 15.2. The molecule has 2 rings (SSSR count). The molecule has 2 amide bonds. The number of hydrogen-bond acceptors (Lipinski definition) is 2. The molecule has 21 heavy (non-hydrogen) atoms. The Balaban J connectivity index is 2.06. The molecule has 0 saturated carbocycles. The van der Waals surface area contributed by atoms with Gasteiger partial charge in [-0.3, -0.25) is 0 Å². The minimum Gasteiger partial charge on any atom is -0.464 e. The van der Waals surface area contributed by atoms with Gasteiger partial charge in [-0.25, -0.2) is 4.79 Å². The number of hydrogen-bond donors (Lipinski definition) is 1. The van der Waals surface area contributed by atoms with Crippen LogP contribution in [0.2, 0.25) is 0 Å². The fourth-order valence-electron chi connectivity index (χ4n) is 2.06. The first-order valence-electron chi connectivity index (χ1n) is 7.15. The van der Waals surface area contributed by atoms with Crippen molar-refractivity contribution in [2.75, 3.05) is 5.32 Å². The summed E-state index contributed by atoms with van der Waals surface area (Å²) in [5, 5.41) is 2.92. The van der Waals surface area contributed by atoms with Crippen LogP contribution in [0.5, 0.6) is 0 Å². The highest BCUT2D eigenvalue weighted by Gasteiger charge is 2.18. The van der Waals surface area contributed by atoms with Crippen LogP contribution in [0.25, 0.3) is 0 Å². The summed E-state index contributed by atoms with van der Waals surface area (Å²) in [7, 11) is 0. The lowest BCUT2D eigenvalue weighted by molar-refractivity contribution is 0.187. The van der Waals surface area contributed by atoms with Crippen molar-refractivity contribution >= 4 is 11.7 Å². The van der Waals surface area contributed by atoms with Gasteiger partial charge < -0.3 is 14.6 Å². The van der Waals surface area contributed by atoms with Crippen molar-refractivity contribution in [3.8, 4) is 0 Å². The predicted molar refractivity (Wildman–Crippen MR) is 84.3 cm³/mol. The highest BCUT2D eigenvalue weighted by atomic mass is 16.3. The van der Waals surface area contributed by atoms with Gasteiger partial charge in [0.25, 0.3) is 0 Å². The van der Waals surface area contributed by atoms with Crippen molar-refractivity contribution in [2.24, 2.45) is 0 Å². The minimum atomic E-state index is -0.122. The Kier molecular flexibility index (Phi) is 4.68. The van der Waals surface area contributed by atoms with Crippen LogP contribution in [0.3, 0.4) is 0 Å². The van der Waals surface area contributed by atoms with Gasteiger partial charge in [0, 0.05) is 11.7 Å². The number of urea groups is 1. The maximum atomic E-state index is 12.4. The van der Waals surface area contributed by atoms with Crippen molar-refractivity contribution in [3.63, 3.8) is 0 Å². The molecule has 0 atom stereocenters. The molecule has 1 N–H and O–H groups in total. The number of nitrogens with one attached hydrogen (secondary N) is 1. The van der Waals surface area contributed by atoms with Crippen molar-refractivity contribution < 1.29 is 9.21 Å². The number of amides is 2. The largest absolute Gasteiger partial charge is 0.464 e. The van der Waals surface area contributed by atoms with E-state index in [9.17, 15) is 4.79 Å². The zero-order valence-corrected chi connectivity index (χ0v) is 13.0. The smallest absolute Gasteiger partial charge is 0.322 e. The van der Waals surface area contributed by atoms with Crippen LogP contribution in [-0.2, 0) is 6.54 Å². The Morgan fingerprint density at radius 1 is 1.14 bits per heavy atom. The van der Waals surface area contributed by atoms with Gasteiger partial charge in [0.05, 0.1) is 6.54 Å². The van der Waals surface area contributed by atoms with Crippen LogP contribution in [0, 0.1) is 13.8 Å². The van der Waals surface area contributed by atoms with Gasteiger partial charge in [0.15, 0.2) is 0 Å². The van der Waals surface area contributed by atoms with E-state index in [0.29, 0.717) is 6.54 Å². The number of carbonyl (C=O) groups excluding carboxylic acids is 1. The zero-order valence-electron chi connectivity index (χ0n) is 13.0. The topological polar surface area (TPSA) is 45.5 Å². The van der Waals surface area contributed by atoms with E-state index in [0.717, 1.165) is 17.2 Å². The van der Waals surface area contributed by atoms with Crippen LogP contribution in [0.1, 0.15) is 30.9 Å². The molecule has 0 aliphatic carbocycles. The van der Waals surface area contributed by atoms with Gasteiger partial charge >= 0.3 is 6.03 Å². The molecule has 0 aliphatic heterocycles. The molecule has 0 spiro atoms. The van der Waals surface area contributed by atoms with E-state index < -0.39 is 0 Å². The third kappa shape index (κ3) is 4.12. The van der Waals surface area contributed by atoms with E-state index in [-0.39, 0.29) is 12.1 Å². The number of nitrogens with zero attached hydrogens (tertiary/aromatic N) is 1. The molecular weight excluding hydrogens is 264 g/mol. The normalized spacial score (nSPS) is 10.7. The number of carbonyl (C=O) groups is 1. The van der Waals surface area contributed by atoms with Crippen molar-refractivity contribution in [1.29, 1.82) is 0 Å². The lowest BCUT2D eigenvalue weighted by Crippen LogP contribution is -2.39. The molecule has 0 bridgehead atoms. The van der Waals surface area contributed by atoms with Crippen LogP contribution < -0.4 is 5.32 Å². The van der Waals surface area contributed by atoms with Crippen LogP contribution in [0.15, 0.2) is 40.8 Å². The molecule has 1 aromatic carbocycles. The Bertz CT molecular complexity index is 600. The lowest BCUT2D eigenvalue weighted by atomic mass is 10.2. The van der Waals surface area contributed by atoms with Crippen LogP contribution >= 0.6 is 0 Å². The fourth-order valence-corrected chi connectivity index (χ4v) is 2.06. The summed E-state index contributed by atoms with van der Waals surface area (Å²) in [4.78, 5) is 14.2. The summed E-state index contributed by atoms with van der Waals surface area (Å²) in [5.41, 5.74) is 1.96. The standard InChI is InChI=1S/C17H22N2O2/c1-12(2)19(11-16-10-7-14(4)21-16)17(20)18-15-8-5-13(3)6-9-15/h5-10,12H,11H2,1-4H3,(H,18,20). The van der Waals surface area contributed by atoms with E-state index in [1.54, 1.807) is 4.90 Å². The van der Waals surface area contributed by atoms with E-state index in [4.69, 9.17) is 4.42 Å². The second-order valence-corrected chi connectivity index (χ2v) is 5.53. The Hall–Kier alpha value is -2.23. The summed E-state index contributed by atoms with van der Waals surface area (Å²) in [6, 6.07) is 11.5. The van der Waals surface area contributed by atoms with Crippen LogP contribution in [-0.4, -0.2) is 17.0 Å². The third-order valence-corrected chi connectivity index (χ3v) is 3.31. The second kappa shape index (κ2) is 6.48. The summed E-state index contributed by atoms with van der Waals surface area (Å²) in [6.07, 6.45) is 0. The minimum absolute atomic E-state index is 0.0841. The quantitative estimate of drug-likeness (QED) is 0.908. The third-order valence-electron chi connectivity index (χ3n) is 3.31. The maximum Gasteiger partial charge on any atom is 0.322 e. The van der Waals surface area contributed by atoms with E-state index in [2.05, 4.69) is 5.32 Å². The van der Waals surface area contributed by atoms with Gasteiger partial charge in [-0.1, -0.05) is 17.7 Å². The monoisotopic (exact) mass is 286 g/mol. The Morgan fingerprint density at radius 3 is 2.33 bits per heavy atom. The number of aryl methyl sites for hydroxylation is 2. The van der Waals surface area contributed by atoms with Crippen LogP contribution in [0.4, 0.5) is 10.5 Å². The summed E-state index contributed by atoms with van der Waals surface area (Å²) < 4.78 is 5.56. The van der Waals surface area contributed by atoms with Gasteiger partial charge in [0.2, 0.25) is 0 Å². The molecule has 0 radical (unpaired) electrons. The molecule has 112 valence electrons. The van der Waals surface area contributed by atoms with Gasteiger partial charge in [-0.2, -0.15) is 0 Å². The average molecular weight is 286 g/mol. The van der Waals surface area contributed by atoms with Crippen molar-refractivity contribution in [1.82, 2.24) is 4.90 Å². The fraction of sp³-hybridized carbons (Fsp3) is 0.353. The molecule has 0 saturated heterocycles. The molecule has 4 heteroatoms. The number of benzene rings is 1. The highest BCUT2D eigenvalue weighted by molar-refractivity contribution is 5.89. The first-order chi connectivity index (χ1) is 9.95. The average Bonchev–Trinajstić information content (AvgIpc) is 2.84. The summed E-state index contributed by atoms with van der Waals surface area (Å²) in [6.45, 7) is 8.36. The lowest BCUT2D eigenvalue weighted by Gasteiger charge is -2.26. The Morgan fingerprint density at radius 2 is 1.81 bits per heavy atom. The van der Waals surface area contributed by atoms with E-state index in [1.807, 2.05) is 64.1 Å². The molecule has 0 unspecified atom stereocenters. The molecule has 2 aromatic rings. The second-order valence-electron chi connectivity index (χ2n) is 5.53. The zero-order chi connectivity index (χ0) is 15.4. The highest BCUT2D eigenvalue weighted by Crippen LogP contribution is 2.15. The van der Waals surface area contributed by atoms with Gasteiger partial charge in [0.1, 0.15) is 11.5 Å². The van der Waals surface area contributed by atoms with Crippen molar-refractivity contribution in [2.45, 2.75) is 40.3 Å². The SMILES string of the molecule is Cc1ccc(NC(=O)N(Cc2ccc(C)o2)C(C)C)cc1. The molecular formula is C17H22N2O2. The van der Waals surface area contributed by atoms with E-state index >= 15 is 0 Å². The van der Waals surface area contributed by atoms with Gasteiger partial charge in [-0.15, -0.1) is 0 Å². The van der Waals surface area contributed by atoms with E-state index in [1.165, 1.54) is 5.56 Å². The predicted octanol–water partition coefficient (Wildman–Crippen LogP) is 4.34.